The van der Waals surface area contributed by atoms with Crippen LogP contribution in [0.15, 0.2) is 41.0 Å². The van der Waals surface area contributed by atoms with Crippen molar-refractivity contribution >= 4 is 11.4 Å². The molecule has 0 amide bonds. The Balaban J connectivity index is 2.33. The van der Waals surface area contributed by atoms with Gasteiger partial charge in [-0.2, -0.15) is 13.2 Å². The van der Waals surface area contributed by atoms with Crippen LogP contribution in [0.3, 0.4) is 0 Å². The molecule has 2 rings (SSSR count). The van der Waals surface area contributed by atoms with E-state index in [1.165, 1.54) is 6.26 Å². The molecule has 8 heteroatoms. The van der Waals surface area contributed by atoms with Crippen LogP contribution in [-0.4, -0.2) is 4.92 Å². The number of alkyl halides is 3. The van der Waals surface area contributed by atoms with Crippen molar-refractivity contribution in [1.82, 2.24) is 0 Å². The zero-order valence-corrected chi connectivity index (χ0v) is 10.8. The van der Waals surface area contributed by atoms with Gasteiger partial charge in [0.1, 0.15) is 11.4 Å². The topological polar surface area (TPSA) is 68.3 Å². The summed E-state index contributed by atoms with van der Waals surface area (Å²) >= 11 is 0. The molecular weight excluding hydrogens is 289 g/mol. The molecule has 1 heterocycles. The maximum absolute atomic E-state index is 12.6. The largest absolute Gasteiger partial charge is 0.467 e. The highest BCUT2D eigenvalue weighted by atomic mass is 19.4. The minimum absolute atomic E-state index is 0.00287. The van der Waals surface area contributed by atoms with Gasteiger partial charge in [-0.05, 0) is 31.2 Å². The zero-order chi connectivity index (χ0) is 15.6. The highest BCUT2D eigenvalue weighted by Crippen LogP contribution is 2.36. The van der Waals surface area contributed by atoms with Crippen LogP contribution in [0.25, 0.3) is 0 Å². The Kier molecular flexibility index (Phi) is 3.88. The molecule has 2 aromatic rings. The number of rotatable bonds is 4. The van der Waals surface area contributed by atoms with Gasteiger partial charge in [0, 0.05) is 6.07 Å². The fourth-order valence-electron chi connectivity index (χ4n) is 1.82. The fraction of sp³-hybridized carbons (Fsp3) is 0.231. The molecule has 1 unspecified atom stereocenters. The van der Waals surface area contributed by atoms with Gasteiger partial charge in [-0.1, -0.05) is 0 Å². The predicted molar refractivity (Wildman–Crippen MR) is 68.8 cm³/mol. The van der Waals surface area contributed by atoms with E-state index in [9.17, 15) is 23.3 Å². The van der Waals surface area contributed by atoms with E-state index in [4.69, 9.17) is 4.42 Å². The lowest BCUT2D eigenvalue weighted by atomic mass is 10.1. The van der Waals surface area contributed by atoms with Gasteiger partial charge in [0.25, 0.3) is 5.69 Å². The van der Waals surface area contributed by atoms with Gasteiger partial charge in [-0.15, -0.1) is 0 Å². The molecule has 1 aromatic heterocycles. The van der Waals surface area contributed by atoms with E-state index < -0.39 is 28.4 Å². The summed E-state index contributed by atoms with van der Waals surface area (Å²) in [6.07, 6.45) is -3.19. The number of halogens is 3. The number of anilines is 1. The van der Waals surface area contributed by atoms with Crippen molar-refractivity contribution in [2.75, 3.05) is 5.32 Å². The van der Waals surface area contributed by atoms with E-state index in [-0.39, 0.29) is 5.69 Å². The Hall–Kier alpha value is -2.51. The third-order valence-electron chi connectivity index (χ3n) is 2.86. The minimum Gasteiger partial charge on any atom is -0.467 e. The Morgan fingerprint density at radius 3 is 2.57 bits per heavy atom. The molecule has 0 aliphatic heterocycles. The number of nitro benzene ring substituents is 1. The van der Waals surface area contributed by atoms with Crippen LogP contribution in [0.5, 0.6) is 0 Å². The first-order valence-corrected chi connectivity index (χ1v) is 5.94. The third kappa shape index (κ3) is 3.33. The van der Waals surface area contributed by atoms with Crippen LogP contribution in [-0.2, 0) is 6.18 Å². The van der Waals surface area contributed by atoms with Crippen molar-refractivity contribution < 1.29 is 22.5 Å². The highest BCUT2D eigenvalue weighted by Gasteiger charge is 2.33. The lowest BCUT2D eigenvalue weighted by Gasteiger charge is -2.14. The standard InChI is InChI=1S/C13H11F3N2O3/c1-8(12-3-2-6-21-12)17-10-5-4-9(13(14,15)16)7-11(10)18(19)20/h2-8,17H,1H3. The average molecular weight is 300 g/mol. The molecule has 1 aromatic carbocycles. The lowest BCUT2D eigenvalue weighted by molar-refractivity contribution is -0.384. The van der Waals surface area contributed by atoms with Crippen LogP contribution >= 0.6 is 0 Å². The first-order valence-electron chi connectivity index (χ1n) is 5.94. The van der Waals surface area contributed by atoms with Crippen molar-refractivity contribution in [3.8, 4) is 0 Å². The second-order valence-electron chi connectivity index (χ2n) is 4.37. The monoisotopic (exact) mass is 300 g/mol. The van der Waals surface area contributed by atoms with E-state index >= 15 is 0 Å². The summed E-state index contributed by atoms with van der Waals surface area (Å²) in [5, 5.41) is 13.7. The molecule has 0 radical (unpaired) electrons. The average Bonchev–Trinajstić information content (AvgIpc) is 2.91. The summed E-state index contributed by atoms with van der Waals surface area (Å²) in [5.41, 5.74) is -1.70. The van der Waals surface area contributed by atoms with Gasteiger partial charge in [-0.3, -0.25) is 10.1 Å². The van der Waals surface area contributed by atoms with Crippen molar-refractivity contribution in [3.05, 3.63) is 58.0 Å². The number of hydrogen-bond donors (Lipinski definition) is 1. The summed E-state index contributed by atoms with van der Waals surface area (Å²) < 4.78 is 42.9. The van der Waals surface area contributed by atoms with E-state index in [1.807, 2.05) is 0 Å². The lowest BCUT2D eigenvalue weighted by Crippen LogP contribution is -2.10. The molecule has 0 spiro atoms. The van der Waals surface area contributed by atoms with E-state index in [0.717, 1.165) is 12.1 Å². The number of benzene rings is 1. The Morgan fingerprint density at radius 2 is 2.05 bits per heavy atom. The van der Waals surface area contributed by atoms with Gasteiger partial charge >= 0.3 is 6.18 Å². The van der Waals surface area contributed by atoms with Crippen LogP contribution in [0.4, 0.5) is 24.5 Å². The maximum Gasteiger partial charge on any atom is 0.416 e. The fourth-order valence-corrected chi connectivity index (χ4v) is 1.82. The second-order valence-corrected chi connectivity index (χ2v) is 4.37. The van der Waals surface area contributed by atoms with Gasteiger partial charge < -0.3 is 9.73 Å². The Labute approximate surface area is 117 Å². The normalized spacial score (nSPS) is 13.0. The number of hydrogen-bond acceptors (Lipinski definition) is 4. The number of nitro groups is 1. The predicted octanol–water partition coefficient (Wildman–Crippen LogP) is 4.38. The van der Waals surface area contributed by atoms with Crippen molar-refractivity contribution in [3.63, 3.8) is 0 Å². The highest BCUT2D eigenvalue weighted by molar-refractivity contribution is 5.63. The number of nitrogens with zero attached hydrogens (tertiary/aromatic N) is 1. The molecule has 1 N–H and O–H groups in total. The molecular formula is C13H11F3N2O3. The Bertz CT molecular complexity index is 639. The first-order chi connectivity index (χ1) is 9.79. The summed E-state index contributed by atoms with van der Waals surface area (Å²) in [4.78, 5) is 10.1. The van der Waals surface area contributed by atoms with Crippen LogP contribution in [0.2, 0.25) is 0 Å². The molecule has 0 aliphatic rings. The second kappa shape index (κ2) is 5.47. The van der Waals surface area contributed by atoms with Crippen LogP contribution < -0.4 is 5.32 Å². The molecule has 112 valence electrons. The smallest absolute Gasteiger partial charge is 0.416 e. The van der Waals surface area contributed by atoms with Gasteiger partial charge in [0.15, 0.2) is 0 Å². The molecule has 0 saturated heterocycles. The van der Waals surface area contributed by atoms with Crippen LogP contribution in [0, 0.1) is 10.1 Å². The quantitative estimate of drug-likeness (QED) is 0.672. The van der Waals surface area contributed by atoms with E-state index in [2.05, 4.69) is 5.32 Å². The van der Waals surface area contributed by atoms with Crippen LogP contribution in [0.1, 0.15) is 24.3 Å². The van der Waals surface area contributed by atoms with Gasteiger partial charge in [0.2, 0.25) is 0 Å². The molecule has 0 saturated carbocycles. The Morgan fingerprint density at radius 1 is 1.33 bits per heavy atom. The summed E-state index contributed by atoms with van der Waals surface area (Å²) in [7, 11) is 0. The van der Waals surface area contributed by atoms with Crippen molar-refractivity contribution in [1.29, 1.82) is 0 Å². The van der Waals surface area contributed by atoms with Crippen molar-refractivity contribution in [2.45, 2.75) is 19.1 Å². The number of nitrogens with one attached hydrogen (secondary N) is 1. The summed E-state index contributed by atoms with van der Waals surface area (Å²) in [6.45, 7) is 1.68. The first kappa shape index (κ1) is 14.9. The number of furan rings is 1. The molecule has 5 nitrogen and oxygen atoms in total. The third-order valence-corrected chi connectivity index (χ3v) is 2.86. The van der Waals surface area contributed by atoms with Gasteiger partial charge in [0.05, 0.1) is 22.8 Å². The SMILES string of the molecule is CC(Nc1ccc(C(F)(F)F)cc1[N+](=O)[O-])c1ccco1. The summed E-state index contributed by atoms with van der Waals surface area (Å²) in [6, 6.07) is 5.24. The maximum atomic E-state index is 12.6. The minimum atomic E-state index is -4.63. The van der Waals surface area contributed by atoms with E-state index in [1.54, 1.807) is 19.1 Å². The van der Waals surface area contributed by atoms with E-state index in [0.29, 0.717) is 11.8 Å². The molecule has 21 heavy (non-hydrogen) atoms. The molecule has 0 aliphatic carbocycles. The van der Waals surface area contributed by atoms with Crippen molar-refractivity contribution in [2.24, 2.45) is 0 Å². The molecule has 1 atom stereocenters. The molecule has 0 bridgehead atoms. The van der Waals surface area contributed by atoms with Gasteiger partial charge in [-0.25, -0.2) is 0 Å². The zero-order valence-electron chi connectivity index (χ0n) is 10.8. The molecule has 0 fully saturated rings. The summed E-state index contributed by atoms with van der Waals surface area (Å²) in [5.74, 6) is 0.518.